The summed E-state index contributed by atoms with van der Waals surface area (Å²) in [6, 6.07) is 14.9. The Kier molecular flexibility index (Phi) is 4.66. The van der Waals surface area contributed by atoms with Crippen LogP contribution in [0.5, 0.6) is 0 Å². The Morgan fingerprint density at radius 3 is 1.37 bits per heavy atom. The highest BCUT2D eigenvalue weighted by molar-refractivity contribution is 7.02. The van der Waals surface area contributed by atoms with Crippen LogP contribution in [0, 0.1) is 0 Å². The highest BCUT2D eigenvalue weighted by Crippen LogP contribution is 2.37. The van der Waals surface area contributed by atoms with Crippen LogP contribution in [0.15, 0.2) is 36.4 Å². The number of hydrogen-bond donors (Lipinski definition) is 0. The molecule has 0 bridgehead atoms. The van der Waals surface area contributed by atoms with Gasteiger partial charge in [0.25, 0.3) is 0 Å². The van der Waals surface area contributed by atoms with Crippen molar-refractivity contribution in [2.45, 2.75) is 85.4 Å². The zero-order chi connectivity index (χ0) is 20.4. The first-order valence-electron chi connectivity index (χ1n) is 10.3. The van der Waals surface area contributed by atoms with E-state index in [1.807, 2.05) is 0 Å². The standard InChI is InChI=1S/C25H37NSi/c1-17(2)26-20-13-11-18(24(3,4)5)15-22(20)27(9,10)23-16-19(25(6,7)8)12-14-21(23)26/h11-17H,1-10H3. The highest BCUT2D eigenvalue weighted by atomic mass is 28.3. The molecule has 27 heavy (non-hydrogen) atoms. The summed E-state index contributed by atoms with van der Waals surface area (Å²) in [5, 5.41) is 3.17. The Labute approximate surface area is 167 Å². The number of hydrogen-bond acceptors (Lipinski definition) is 1. The molecule has 2 aromatic carbocycles. The minimum Gasteiger partial charge on any atom is -0.339 e. The van der Waals surface area contributed by atoms with Gasteiger partial charge in [0.05, 0.1) is 0 Å². The summed E-state index contributed by atoms with van der Waals surface area (Å²) in [5.41, 5.74) is 6.09. The van der Waals surface area contributed by atoms with Crippen molar-refractivity contribution in [3.05, 3.63) is 47.5 Å². The maximum atomic E-state index is 2.56. The lowest BCUT2D eigenvalue weighted by Crippen LogP contribution is -2.60. The molecule has 0 fully saturated rings. The van der Waals surface area contributed by atoms with Crippen LogP contribution in [0.1, 0.15) is 66.5 Å². The molecule has 0 atom stereocenters. The van der Waals surface area contributed by atoms with Gasteiger partial charge in [-0.25, -0.2) is 0 Å². The molecule has 0 unspecified atom stereocenters. The molecule has 2 heteroatoms. The number of anilines is 2. The van der Waals surface area contributed by atoms with Crippen molar-refractivity contribution < 1.29 is 0 Å². The van der Waals surface area contributed by atoms with Crippen molar-refractivity contribution in [2.75, 3.05) is 4.90 Å². The molecule has 0 aliphatic carbocycles. The van der Waals surface area contributed by atoms with Crippen molar-refractivity contribution in [2.24, 2.45) is 0 Å². The van der Waals surface area contributed by atoms with E-state index in [0.717, 1.165) is 0 Å². The number of rotatable bonds is 1. The second-order valence-electron chi connectivity index (χ2n) is 11.1. The van der Waals surface area contributed by atoms with Crippen LogP contribution in [-0.2, 0) is 10.8 Å². The highest BCUT2D eigenvalue weighted by Gasteiger charge is 2.40. The van der Waals surface area contributed by atoms with E-state index in [9.17, 15) is 0 Å². The quantitative estimate of drug-likeness (QED) is 0.552. The zero-order valence-corrected chi connectivity index (χ0v) is 20.0. The summed E-state index contributed by atoms with van der Waals surface area (Å²) in [4.78, 5) is 2.56. The van der Waals surface area contributed by atoms with Gasteiger partial charge in [-0.3, -0.25) is 0 Å². The summed E-state index contributed by atoms with van der Waals surface area (Å²) in [7, 11) is -1.78. The summed E-state index contributed by atoms with van der Waals surface area (Å²) < 4.78 is 0. The molecule has 0 spiro atoms. The van der Waals surface area contributed by atoms with E-state index in [1.54, 1.807) is 10.4 Å². The molecule has 0 saturated carbocycles. The van der Waals surface area contributed by atoms with E-state index in [-0.39, 0.29) is 10.8 Å². The lowest BCUT2D eigenvalue weighted by Gasteiger charge is -2.44. The van der Waals surface area contributed by atoms with E-state index in [2.05, 4.69) is 110 Å². The van der Waals surface area contributed by atoms with Gasteiger partial charge in [-0.1, -0.05) is 78.9 Å². The van der Waals surface area contributed by atoms with Crippen LogP contribution in [0.2, 0.25) is 13.1 Å². The van der Waals surface area contributed by atoms with E-state index in [0.29, 0.717) is 6.04 Å². The van der Waals surface area contributed by atoms with Gasteiger partial charge in [-0.2, -0.15) is 0 Å². The molecular formula is C25H37NSi. The van der Waals surface area contributed by atoms with Crippen molar-refractivity contribution in [3.8, 4) is 0 Å². The monoisotopic (exact) mass is 379 g/mol. The third-order valence-corrected chi connectivity index (χ3v) is 9.60. The van der Waals surface area contributed by atoms with Gasteiger partial charge in [-0.05, 0) is 58.3 Å². The molecule has 0 N–H and O–H groups in total. The molecule has 2 aromatic rings. The van der Waals surface area contributed by atoms with Crippen LogP contribution in [0.3, 0.4) is 0 Å². The summed E-state index contributed by atoms with van der Waals surface area (Å²) in [6.45, 7) is 23.6. The Morgan fingerprint density at radius 1 is 0.704 bits per heavy atom. The fourth-order valence-corrected chi connectivity index (χ4v) is 7.27. The molecule has 0 saturated heterocycles. The predicted octanol–water partition coefficient (Wildman–Crippen LogP) is 5.96. The normalized spacial score (nSPS) is 16.3. The fourth-order valence-electron chi connectivity index (χ4n) is 4.26. The average Bonchev–Trinajstić information content (AvgIpc) is 2.52. The average molecular weight is 380 g/mol. The Hall–Kier alpha value is -1.54. The lowest BCUT2D eigenvalue weighted by molar-refractivity contribution is 0.590. The second kappa shape index (κ2) is 6.24. The molecule has 146 valence electrons. The molecule has 0 radical (unpaired) electrons. The topological polar surface area (TPSA) is 3.24 Å². The Bertz CT molecular complexity index is 795. The van der Waals surface area contributed by atoms with Gasteiger partial charge >= 0.3 is 0 Å². The van der Waals surface area contributed by atoms with E-state index < -0.39 is 8.07 Å². The summed E-state index contributed by atoms with van der Waals surface area (Å²) in [6.07, 6.45) is 0. The van der Waals surface area contributed by atoms with Crippen LogP contribution in [0.4, 0.5) is 11.4 Å². The SMILES string of the molecule is CC(C)N1c2ccc(C(C)(C)C)cc2[Si](C)(C)c2cc(C(C)(C)C)ccc21. The van der Waals surface area contributed by atoms with Gasteiger partial charge in [0.15, 0.2) is 0 Å². The molecule has 1 nitrogen and oxygen atoms in total. The second-order valence-corrected chi connectivity index (χ2v) is 15.4. The molecular weight excluding hydrogens is 342 g/mol. The van der Waals surface area contributed by atoms with E-state index in [4.69, 9.17) is 0 Å². The molecule has 0 aromatic heterocycles. The van der Waals surface area contributed by atoms with Gasteiger partial charge in [-0.15, -0.1) is 0 Å². The van der Waals surface area contributed by atoms with Crippen LogP contribution < -0.4 is 15.3 Å². The molecule has 1 aliphatic rings. The van der Waals surface area contributed by atoms with Gasteiger partial charge in [0.1, 0.15) is 8.07 Å². The van der Waals surface area contributed by atoms with Crippen molar-refractivity contribution >= 4 is 29.8 Å². The predicted molar refractivity (Wildman–Crippen MR) is 124 cm³/mol. The number of nitrogens with zero attached hydrogens (tertiary/aromatic N) is 1. The minimum atomic E-state index is -1.78. The maximum Gasteiger partial charge on any atom is 0.117 e. The molecule has 1 aliphatic heterocycles. The first-order valence-corrected chi connectivity index (χ1v) is 13.3. The first kappa shape index (κ1) is 20.2. The Morgan fingerprint density at radius 2 is 1.07 bits per heavy atom. The number of fused-ring (bicyclic) bond motifs is 2. The molecule has 1 heterocycles. The fraction of sp³-hybridized carbons (Fsp3) is 0.520. The molecule has 0 amide bonds. The van der Waals surface area contributed by atoms with Gasteiger partial charge in [0.2, 0.25) is 0 Å². The van der Waals surface area contributed by atoms with Gasteiger partial charge in [0, 0.05) is 17.4 Å². The summed E-state index contributed by atoms with van der Waals surface area (Å²) >= 11 is 0. The first-order chi connectivity index (χ1) is 12.2. The van der Waals surface area contributed by atoms with Crippen LogP contribution >= 0.6 is 0 Å². The Balaban J connectivity index is 2.31. The third kappa shape index (κ3) is 3.37. The van der Waals surface area contributed by atoms with Crippen molar-refractivity contribution in [3.63, 3.8) is 0 Å². The largest absolute Gasteiger partial charge is 0.339 e. The summed E-state index contributed by atoms with van der Waals surface area (Å²) in [5.74, 6) is 0. The lowest BCUT2D eigenvalue weighted by atomic mass is 9.86. The third-order valence-electron chi connectivity index (χ3n) is 6.11. The number of benzene rings is 2. The van der Waals surface area contributed by atoms with E-state index in [1.165, 1.54) is 22.5 Å². The van der Waals surface area contributed by atoms with Crippen LogP contribution in [0.25, 0.3) is 0 Å². The smallest absolute Gasteiger partial charge is 0.117 e. The maximum absolute atomic E-state index is 2.56. The van der Waals surface area contributed by atoms with E-state index >= 15 is 0 Å². The minimum absolute atomic E-state index is 0.176. The van der Waals surface area contributed by atoms with Crippen LogP contribution in [-0.4, -0.2) is 14.1 Å². The zero-order valence-electron chi connectivity index (χ0n) is 19.0. The van der Waals surface area contributed by atoms with Crippen molar-refractivity contribution in [1.82, 2.24) is 0 Å². The molecule has 3 rings (SSSR count). The van der Waals surface area contributed by atoms with Crippen molar-refractivity contribution in [1.29, 1.82) is 0 Å². The van der Waals surface area contributed by atoms with Gasteiger partial charge < -0.3 is 4.90 Å².